The van der Waals surface area contributed by atoms with Gasteiger partial charge < -0.3 is 10.1 Å². The second-order valence-electron chi connectivity index (χ2n) is 7.04. The number of hydrogen-bond donors (Lipinski definition) is 1. The molecule has 0 aliphatic rings. The number of aromatic nitrogens is 2. The smallest absolute Gasteiger partial charge is 0.255 e. The first-order valence-electron chi connectivity index (χ1n) is 9.63. The van der Waals surface area contributed by atoms with E-state index in [1.165, 1.54) is 5.56 Å². The second-order valence-corrected chi connectivity index (χ2v) is 7.04. The van der Waals surface area contributed by atoms with Crippen LogP contribution in [0.25, 0.3) is 11.4 Å². The summed E-state index contributed by atoms with van der Waals surface area (Å²) in [5.41, 5.74) is 4.42. The molecule has 30 heavy (non-hydrogen) atoms. The van der Waals surface area contributed by atoms with Crippen molar-refractivity contribution in [1.82, 2.24) is 9.97 Å². The van der Waals surface area contributed by atoms with Crippen LogP contribution in [-0.4, -0.2) is 15.9 Å². The zero-order valence-electron chi connectivity index (χ0n) is 16.8. The summed E-state index contributed by atoms with van der Waals surface area (Å²) < 4.78 is 5.89. The Hall–Kier alpha value is -3.99. The van der Waals surface area contributed by atoms with E-state index in [1.54, 1.807) is 36.5 Å². The first-order valence-corrected chi connectivity index (χ1v) is 9.63. The molecule has 0 aliphatic heterocycles. The Balaban J connectivity index is 1.51. The van der Waals surface area contributed by atoms with Crippen LogP contribution in [0.2, 0.25) is 0 Å². The van der Waals surface area contributed by atoms with Gasteiger partial charge in [-0.15, -0.1) is 0 Å². The number of anilines is 1. The molecule has 0 radical (unpaired) electrons. The summed E-state index contributed by atoms with van der Waals surface area (Å²) in [5.74, 6) is 1.33. The van der Waals surface area contributed by atoms with Gasteiger partial charge >= 0.3 is 0 Å². The van der Waals surface area contributed by atoms with E-state index in [1.807, 2.05) is 62.4 Å². The lowest BCUT2D eigenvalue weighted by molar-refractivity contribution is 0.102. The first kappa shape index (κ1) is 19.3. The highest BCUT2D eigenvalue weighted by Gasteiger charge is 2.09. The molecule has 0 unspecified atom stereocenters. The van der Waals surface area contributed by atoms with Crippen LogP contribution in [0.4, 0.5) is 5.69 Å². The number of rotatable bonds is 5. The van der Waals surface area contributed by atoms with E-state index in [2.05, 4.69) is 15.3 Å². The van der Waals surface area contributed by atoms with Gasteiger partial charge in [-0.2, -0.15) is 4.98 Å². The van der Waals surface area contributed by atoms with Crippen molar-refractivity contribution in [3.05, 3.63) is 102 Å². The lowest BCUT2D eigenvalue weighted by atomic mass is 10.1. The average molecular weight is 395 g/mol. The lowest BCUT2D eigenvalue weighted by Crippen LogP contribution is -2.11. The Kier molecular flexibility index (Phi) is 5.52. The fourth-order valence-corrected chi connectivity index (χ4v) is 2.99. The standard InChI is InChI=1S/C25H21N3O2/c1-17-9-11-19(12-10-17)24-26-14-13-23(28-24)30-22-8-4-6-20(16-22)25(29)27-21-7-3-5-18(2)15-21/h3-16H,1-2H3,(H,27,29). The van der Waals surface area contributed by atoms with E-state index in [0.29, 0.717) is 23.0 Å². The number of aryl methyl sites for hydroxylation is 2. The topological polar surface area (TPSA) is 64.1 Å². The van der Waals surface area contributed by atoms with Gasteiger partial charge in [0.2, 0.25) is 5.88 Å². The number of nitrogens with one attached hydrogen (secondary N) is 1. The summed E-state index contributed by atoms with van der Waals surface area (Å²) >= 11 is 0. The summed E-state index contributed by atoms with van der Waals surface area (Å²) in [7, 11) is 0. The minimum atomic E-state index is -0.200. The second kappa shape index (κ2) is 8.57. The maximum absolute atomic E-state index is 12.6. The quantitative estimate of drug-likeness (QED) is 0.463. The molecule has 1 aromatic heterocycles. The molecule has 0 bridgehead atoms. The third-order valence-electron chi connectivity index (χ3n) is 4.53. The maximum Gasteiger partial charge on any atom is 0.255 e. The first-order chi connectivity index (χ1) is 14.6. The van der Waals surface area contributed by atoms with Crippen LogP contribution < -0.4 is 10.1 Å². The highest BCUT2D eigenvalue weighted by molar-refractivity contribution is 6.04. The monoisotopic (exact) mass is 395 g/mol. The van der Waals surface area contributed by atoms with Crippen molar-refractivity contribution in [2.45, 2.75) is 13.8 Å². The largest absolute Gasteiger partial charge is 0.439 e. The third kappa shape index (κ3) is 4.70. The average Bonchev–Trinajstić information content (AvgIpc) is 2.75. The van der Waals surface area contributed by atoms with Crippen LogP contribution in [0.1, 0.15) is 21.5 Å². The van der Waals surface area contributed by atoms with Crippen LogP contribution >= 0.6 is 0 Å². The van der Waals surface area contributed by atoms with E-state index in [4.69, 9.17) is 4.74 Å². The molecular weight excluding hydrogens is 374 g/mol. The minimum Gasteiger partial charge on any atom is -0.439 e. The van der Waals surface area contributed by atoms with Gasteiger partial charge in [-0.05, 0) is 49.7 Å². The van der Waals surface area contributed by atoms with E-state index >= 15 is 0 Å². The minimum absolute atomic E-state index is 0.200. The molecule has 4 aromatic rings. The Morgan fingerprint density at radius 1 is 0.867 bits per heavy atom. The zero-order chi connectivity index (χ0) is 20.9. The van der Waals surface area contributed by atoms with Gasteiger partial charge in [-0.25, -0.2) is 4.98 Å². The number of hydrogen-bond acceptors (Lipinski definition) is 4. The van der Waals surface area contributed by atoms with E-state index in [9.17, 15) is 4.79 Å². The van der Waals surface area contributed by atoms with Crippen LogP contribution in [0.5, 0.6) is 11.6 Å². The predicted molar refractivity (Wildman–Crippen MR) is 118 cm³/mol. The van der Waals surface area contributed by atoms with Crippen molar-refractivity contribution >= 4 is 11.6 Å². The fourth-order valence-electron chi connectivity index (χ4n) is 2.99. The molecule has 4 rings (SSSR count). The molecule has 5 nitrogen and oxygen atoms in total. The van der Waals surface area contributed by atoms with E-state index in [0.717, 1.165) is 16.8 Å². The Labute approximate surface area is 175 Å². The Bertz CT molecular complexity index is 1190. The molecule has 1 N–H and O–H groups in total. The van der Waals surface area contributed by atoms with Crippen LogP contribution in [-0.2, 0) is 0 Å². The van der Waals surface area contributed by atoms with Gasteiger partial charge in [0.1, 0.15) is 5.75 Å². The van der Waals surface area contributed by atoms with E-state index < -0.39 is 0 Å². The van der Waals surface area contributed by atoms with Crippen LogP contribution in [0, 0.1) is 13.8 Å². The summed E-state index contributed by atoms with van der Waals surface area (Å²) in [6.07, 6.45) is 1.66. The molecule has 0 saturated heterocycles. The van der Waals surface area contributed by atoms with Gasteiger partial charge in [0.25, 0.3) is 5.91 Å². The highest BCUT2D eigenvalue weighted by atomic mass is 16.5. The van der Waals surface area contributed by atoms with Gasteiger partial charge in [0, 0.05) is 29.1 Å². The predicted octanol–water partition coefficient (Wildman–Crippen LogP) is 5.81. The molecule has 0 atom stereocenters. The molecular formula is C25H21N3O2. The maximum atomic E-state index is 12.6. The number of amides is 1. The van der Waals surface area contributed by atoms with Gasteiger partial charge in [-0.1, -0.05) is 48.0 Å². The number of benzene rings is 3. The van der Waals surface area contributed by atoms with Crippen molar-refractivity contribution in [2.75, 3.05) is 5.32 Å². The van der Waals surface area contributed by atoms with Gasteiger partial charge in [-0.3, -0.25) is 4.79 Å². The van der Waals surface area contributed by atoms with Gasteiger partial charge in [0.05, 0.1) is 0 Å². The molecule has 0 saturated carbocycles. The summed E-state index contributed by atoms with van der Waals surface area (Å²) in [5, 5.41) is 2.91. The number of carbonyl (C=O) groups is 1. The van der Waals surface area contributed by atoms with E-state index in [-0.39, 0.29) is 5.91 Å². The lowest BCUT2D eigenvalue weighted by Gasteiger charge is -2.09. The molecule has 0 aliphatic carbocycles. The Morgan fingerprint density at radius 2 is 1.67 bits per heavy atom. The SMILES string of the molecule is Cc1ccc(-c2nccc(Oc3cccc(C(=O)Nc4cccc(C)c4)c3)n2)cc1. The number of ether oxygens (including phenoxy) is 1. The molecule has 0 spiro atoms. The molecule has 5 heteroatoms. The van der Waals surface area contributed by atoms with Crippen LogP contribution in [0.3, 0.4) is 0 Å². The van der Waals surface area contributed by atoms with Crippen LogP contribution in [0.15, 0.2) is 85.1 Å². The summed E-state index contributed by atoms with van der Waals surface area (Å²) in [6, 6.07) is 24.4. The molecule has 1 heterocycles. The summed E-state index contributed by atoms with van der Waals surface area (Å²) in [6.45, 7) is 4.02. The fraction of sp³-hybridized carbons (Fsp3) is 0.0800. The number of nitrogens with zero attached hydrogens (tertiary/aromatic N) is 2. The third-order valence-corrected chi connectivity index (χ3v) is 4.53. The molecule has 0 fully saturated rings. The van der Waals surface area contributed by atoms with Crippen molar-refractivity contribution in [3.8, 4) is 23.0 Å². The van der Waals surface area contributed by atoms with Crippen molar-refractivity contribution in [2.24, 2.45) is 0 Å². The van der Waals surface area contributed by atoms with Crippen molar-refractivity contribution in [1.29, 1.82) is 0 Å². The van der Waals surface area contributed by atoms with Crippen molar-refractivity contribution in [3.63, 3.8) is 0 Å². The number of carbonyl (C=O) groups excluding carboxylic acids is 1. The Morgan fingerprint density at radius 3 is 2.47 bits per heavy atom. The van der Waals surface area contributed by atoms with Gasteiger partial charge in [0.15, 0.2) is 5.82 Å². The molecule has 1 amide bonds. The molecule has 148 valence electrons. The normalized spacial score (nSPS) is 10.5. The van der Waals surface area contributed by atoms with Crippen molar-refractivity contribution < 1.29 is 9.53 Å². The summed E-state index contributed by atoms with van der Waals surface area (Å²) in [4.78, 5) is 21.4. The molecule has 3 aromatic carbocycles. The highest BCUT2D eigenvalue weighted by Crippen LogP contribution is 2.23. The zero-order valence-corrected chi connectivity index (χ0v) is 16.8.